The minimum atomic E-state index is -0.399. The van der Waals surface area contributed by atoms with E-state index >= 15 is 0 Å². The van der Waals surface area contributed by atoms with Crippen molar-refractivity contribution in [2.45, 2.75) is 13.8 Å². The fraction of sp³-hybridized carbons (Fsp3) is 0.286. The highest BCUT2D eigenvalue weighted by molar-refractivity contribution is 14.1. The molecule has 5 heteroatoms. The Bertz CT molecular complexity index is 315. The van der Waals surface area contributed by atoms with Crippen LogP contribution in [0.15, 0.2) is 6.07 Å². The highest BCUT2D eigenvalue weighted by atomic mass is 127. The first kappa shape index (κ1) is 9.37. The Morgan fingerprint density at radius 3 is 2.58 bits per heavy atom. The largest absolute Gasteiger partial charge is 0.303 e. The molecule has 0 aromatic carbocycles. The van der Waals surface area contributed by atoms with Gasteiger partial charge in [-0.25, -0.2) is 0 Å². The van der Waals surface area contributed by atoms with Crippen LogP contribution in [-0.4, -0.2) is 9.91 Å². The van der Waals surface area contributed by atoms with Crippen molar-refractivity contribution >= 4 is 28.3 Å². The summed E-state index contributed by atoms with van der Waals surface area (Å²) in [7, 11) is 0. The third-order valence-corrected chi connectivity index (χ3v) is 2.25. The molecule has 0 N–H and O–H groups in total. The predicted octanol–water partition coefficient (Wildman–Crippen LogP) is 2.21. The van der Waals surface area contributed by atoms with Gasteiger partial charge in [-0.1, -0.05) is 0 Å². The molecule has 0 amide bonds. The first-order valence-corrected chi connectivity index (χ1v) is 4.38. The molecular formula is C7H7IN2O2. The molecule has 1 aromatic rings. The molecule has 0 aliphatic carbocycles. The van der Waals surface area contributed by atoms with Crippen LogP contribution in [0.25, 0.3) is 0 Å². The summed E-state index contributed by atoms with van der Waals surface area (Å²) in [6.07, 6.45) is 0. The number of pyridine rings is 1. The Morgan fingerprint density at radius 2 is 2.17 bits per heavy atom. The molecule has 0 saturated heterocycles. The van der Waals surface area contributed by atoms with Crippen LogP contribution >= 0.6 is 22.6 Å². The van der Waals surface area contributed by atoms with Gasteiger partial charge in [0.05, 0.1) is 8.49 Å². The smallest absolute Gasteiger partial charge is 0.258 e. The number of hydrogen-bond donors (Lipinski definition) is 0. The van der Waals surface area contributed by atoms with Gasteiger partial charge >= 0.3 is 5.69 Å². The molecule has 0 spiro atoms. The Morgan fingerprint density at radius 1 is 1.58 bits per heavy atom. The van der Waals surface area contributed by atoms with Crippen molar-refractivity contribution in [3.8, 4) is 0 Å². The molecule has 1 aromatic heterocycles. The lowest BCUT2D eigenvalue weighted by molar-refractivity contribution is -0.386. The Balaban J connectivity index is 3.38. The standard InChI is InChI=1S/C7H7IN2O2/c1-4-3-6(8)7(10(11)12)5(2)9-4/h3H,1-2H3. The van der Waals surface area contributed by atoms with Crippen LogP contribution < -0.4 is 0 Å². The van der Waals surface area contributed by atoms with Crippen molar-refractivity contribution in [3.63, 3.8) is 0 Å². The summed E-state index contributed by atoms with van der Waals surface area (Å²) in [6.45, 7) is 3.46. The molecule has 0 bridgehead atoms. The summed E-state index contributed by atoms with van der Waals surface area (Å²) in [4.78, 5) is 14.1. The van der Waals surface area contributed by atoms with Crippen LogP contribution in [0.4, 0.5) is 5.69 Å². The lowest BCUT2D eigenvalue weighted by Gasteiger charge is -1.99. The SMILES string of the molecule is Cc1cc(I)c([N+](=O)[O-])c(C)n1. The molecular weight excluding hydrogens is 271 g/mol. The van der Waals surface area contributed by atoms with Crippen molar-refractivity contribution in [3.05, 3.63) is 31.1 Å². The summed E-state index contributed by atoms with van der Waals surface area (Å²) in [6, 6.07) is 1.70. The van der Waals surface area contributed by atoms with Crippen LogP contribution in [0.3, 0.4) is 0 Å². The molecule has 0 aliphatic heterocycles. The normalized spacial score (nSPS) is 9.92. The monoisotopic (exact) mass is 278 g/mol. The molecule has 12 heavy (non-hydrogen) atoms. The van der Waals surface area contributed by atoms with E-state index in [4.69, 9.17) is 0 Å². The maximum absolute atomic E-state index is 10.5. The lowest BCUT2D eigenvalue weighted by Crippen LogP contribution is -1.98. The van der Waals surface area contributed by atoms with E-state index in [0.717, 1.165) is 5.69 Å². The summed E-state index contributed by atoms with van der Waals surface area (Å²) in [5.74, 6) is 0. The van der Waals surface area contributed by atoms with E-state index in [1.807, 2.05) is 29.5 Å². The molecule has 0 aliphatic rings. The van der Waals surface area contributed by atoms with E-state index in [1.54, 1.807) is 13.0 Å². The topological polar surface area (TPSA) is 56.0 Å². The summed E-state index contributed by atoms with van der Waals surface area (Å²) >= 11 is 1.95. The fourth-order valence-electron chi connectivity index (χ4n) is 0.994. The van der Waals surface area contributed by atoms with E-state index in [-0.39, 0.29) is 5.69 Å². The average Bonchev–Trinajstić information content (AvgIpc) is 1.82. The third-order valence-electron chi connectivity index (χ3n) is 1.43. The molecule has 4 nitrogen and oxygen atoms in total. The number of nitro groups is 1. The first-order valence-electron chi connectivity index (χ1n) is 3.30. The Labute approximate surface area is 83.3 Å². The van der Waals surface area contributed by atoms with Crippen LogP contribution in [-0.2, 0) is 0 Å². The van der Waals surface area contributed by atoms with E-state index in [9.17, 15) is 10.1 Å². The predicted molar refractivity (Wildman–Crippen MR) is 53.1 cm³/mol. The van der Waals surface area contributed by atoms with E-state index in [2.05, 4.69) is 4.98 Å². The van der Waals surface area contributed by atoms with Gasteiger partial charge in [-0.15, -0.1) is 0 Å². The number of rotatable bonds is 1. The average molecular weight is 278 g/mol. The number of halogens is 1. The minimum Gasteiger partial charge on any atom is -0.258 e. The van der Waals surface area contributed by atoms with Crippen molar-refractivity contribution < 1.29 is 4.92 Å². The van der Waals surface area contributed by atoms with Gasteiger partial charge in [-0.2, -0.15) is 0 Å². The molecule has 64 valence electrons. The summed E-state index contributed by atoms with van der Waals surface area (Å²) in [5, 5.41) is 10.5. The van der Waals surface area contributed by atoms with Crippen LogP contribution in [0.5, 0.6) is 0 Å². The van der Waals surface area contributed by atoms with Gasteiger partial charge in [0.1, 0.15) is 5.69 Å². The zero-order valence-electron chi connectivity index (χ0n) is 6.67. The van der Waals surface area contributed by atoms with Crippen LogP contribution in [0.2, 0.25) is 0 Å². The number of aromatic nitrogens is 1. The quantitative estimate of drug-likeness (QED) is 0.449. The highest BCUT2D eigenvalue weighted by Crippen LogP contribution is 2.23. The lowest BCUT2D eigenvalue weighted by atomic mass is 10.3. The second-order valence-corrected chi connectivity index (χ2v) is 3.60. The molecule has 0 atom stereocenters. The van der Waals surface area contributed by atoms with Gasteiger partial charge in [-0.05, 0) is 42.5 Å². The zero-order valence-corrected chi connectivity index (χ0v) is 8.82. The molecule has 0 fully saturated rings. The molecule has 0 unspecified atom stereocenters. The van der Waals surface area contributed by atoms with Crippen molar-refractivity contribution in [2.24, 2.45) is 0 Å². The van der Waals surface area contributed by atoms with Crippen LogP contribution in [0, 0.1) is 27.5 Å². The van der Waals surface area contributed by atoms with E-state index < -0.39 is 4.92 Å². The van der Waals surface area contributed by atoms with Crippen molar-refractivity contribution in [1.82, 2.24) is 4.98 Å². The van der Waals surface area contributed by atoms with Gasteiger partial charge in [0.25, 0.3) is 0 Å². The second kappa shape index (κ2) is 3.34. The molecule has 1 heterocycles. The van der Waals surface area contributed by atoms with E-state index in [1.165, 1.54) is 0 Å². The molecule has 0 radical (unpaired) electrons. The van der Waals surface area contributed by atoms with Crippen molar-refractivity contribution in [1.29, 1.82) is 0 Å². The summed E-state index contributed by atoms with van der Waals surface area (Å²) in [5.41, 5.74) is 1.40. The van der Waals surface area contributed by atoms with Gasteiger partial charge in [-0.3, -0.25) is 15.1 Å². The number of aryl methyl sites for hydroxylation is 2. The first-order chi connectivity index (χ1) is 5.52. The Kier molecular flexibility index (Phi) is 2.61. The zero-order chi connectivity index (χ0) is 9.30. The minimum absolute atomic E-state index is 0.112. The van der Waals surface area contributed by atoms with Gasteiger partial charge in [0.2, 0.25) is 0 Å². The van der Waals surface area contributed by atoms with Gasteiger partial charge in [0, 0.05) is 5.69 Å². The third kappa shape index (κ3) is 1.71. The maximum Gasteiger partial charge on any atom is 0.303 e. The number of hydrogen-bond acceptors (Lipinski definition) is 3. The fourth-order valence-corrected chi connectivity index (χ4v) is 2.03. The van der Waals surface area contributed by atoms with Crippen LogP contribution in [0.1, 0.15) is 11.4 Å². The highest BCUT2D eigenvalue weighted by Gasteiger charge is 2.16. The molecule has 0 saturated carbocycles. The Hall–Kier alpha value is -0.720. The number of nitrogens with zero attached hydrogens (tertiary/aromatic N) is 2. The van der Waals surface area contributed by atoms with Crippen molar-refractivity contribution in [2.75, 3.05) is 0 Å². The second-order valence-electron chi connectivity index (χ2n) is 2.44. The molecule has 1 rings (SSSR count). The van der Waals surface area contributed by atoms with Gasteiger partial charge in [0.15, 0.2) is 0 Å². The maximum atomic E-state index is 10.5. The van der Waals surface area contributed by atoms with Gasteiger partial charge < -0.3 is 0 Å². The van der Waals surface area contributed by atoms with E-state index in [0.29, 0.717) is 9.26 Å². The summed E-state index contributed by atoms with van der Waals surface area (Å²) < 4.78 is 0.641.